The van der Waals surface area contributed by atoms with Crippen molar-refractivity contribution in [2.45, 2.75) is 26.8 Å². The highest BCUT2D eigenvalue weighted by molar-refractivity contribution is 7.07. The van der Waals surface area contributed by atoms with Crippen LogP contribution in [-0.4, -0.2) is 50.3 Å². The second-order valence-electron chi connectivity index (χ2n) is 7.02. The molecule has 1 fully saturated rings. The van der Waals surface area contributed by atoms with E-state index in [-0.39, 0.29) is 18.6 Å². The summed E-state index contributed by atoms with van der Waals surface area (Å²) < 4.78 is 11.2. The van der Waals surface area contributed by atoms with Gasteiger partial charge in [-0.05, 0) is 65.9 Å². The maximum atomic E-state index is 12.4. The number of rotatable bonds is 7. The van der Waals surface area contributed by atoms with Crippen LogP contribution in [-0.2, 0) is 9.53 Å². The summed E-state index contributed by atoms with van der Waals surface area (Å²) in [5, 5.41) is 7.28. The number of thiophene rings is 1. The van der Waals surface area contributed by atoms with Crippen molar-refractivity contribution >= 4 is 17.2 Å². The van der Waals surface area contributed by atoms with Crippen LogP contribution in [0.2, 0.25) is 0 Å². The fourth-order valence-corrected chi connectivity index (χ4v) is 4.07. The van der Waals surface area contributed by atoms with Crippen LogP contribution in [0.25, 0.3) is 0 Å². The van der Waals surface area contributed by atoms with Gasteiger partial charge >= 0.3 is 0 Å². The largest absolute Gasteiger partial charge is 0.483 e. The zero-order valence-electron chi connectivity index (χ0n) is 16.3. The lowest BCUT2D eigenvalue weighted by Gasteiger charge is -2.34. The highest BCUT2D eigenvalue weighted by atomic mass is 32.1. The van der Waals surface area contributed by atoms with Gasteiger partial charge in [-0.1, -0.05) is 6.07 Å². The molecule has 0 spiro atoms. The molecule has 1 aliphatic heterocycles. The molecule has 1 saturated heterocycles. The van der Waals surface area contributed by atoms with Crippen LogP contribution >= 0.6 is 11.3 Å². The maximum absolute atomic E-state index is 12.4. The van der Waals surface area contributed by atoms with Crippen LogP contribution < -0.4 is 10.1 Å². The van der Waals surface area contributed by atoms with Gasteiger partial charge in [-0.15, -0.1) is 0 Å². The Morgan fingerprint density at radius 3 is 2.78 bits per heavy atom. The van der Waals surface area contributed by atoms with E-state index >= 15 is 0 Å². The number of carbonyl (C=O) groups excluding carboxylic acids is 1. The van der Waals surface area contributed by atoms with Crippen LogP contribution in [0.3, 0.4) is 0 Å². The lowest BCUT2D eigenvalue weighted by Crippen LogP contribution is -2.44. The van der Waals surface area contributed by atoms with Gasteiger partial charge in [-0.2, -0.15) is 11.3 Å². The van der Waals surface area contributed by atoms with Crippen molar-refractivity contribution < 1.29 is 14.3 Å². The summed E-state index contributed by atoms with van der Waals surface area (Å²) in [6.45, 7) is 9.97. The third kappa shape index (κ3) is 5.31. The van der Waals surface area contributed by atoms with Gasteiger partial charge in [-0.3, -0.25) is 9.69 Å². The molecule has 6 heteroatoms. The molecule has 1 aromatic heterocycles. The molecule has 3 rings (SSSR count). The number of nitrogens with one attached hydrogen (secondary N) is 1. The highest BCUT2D eigenvalue weighted by Gasteiger charge is 2.23. The van der Waals surface area contributed by atoms with E-state index in [0.717, 1.165) is 43.2 Å². The molecule has 146 valence electrons. The van der Waals surface area contributed by atoms with Crippen molar-refractivity contribution in [3.05, 3.63) is 51.2 Å². The predicted octanol–water partition coefficient (Wildman–Crippen LogP) is 3.24. The molecular formula is C21H28N2O3S. The minimum atomic E-state index is -0.0953. The molecule has 1 aromatic carbocycles. The number of hydrogen-bond donors (Lipinski definition) is 1. The maximum Gasteiger partial charge on any atom is 0.258 e. The quantitative estimate of drug-likeness (QED) is 0.791. The van der Waals surface area contributed by atoms with E-state index in [1.807, 2.05) is 19.9 Å². The number of carbonyl (C=O) groups is 1. The van der Waals surface area contributed by atoms with Gasteiger partial charge in [0.2, 0.25) is 0 Å². The summed E-state index contributed by atoms with van der Waals surface area (Å²) in [5.74, 6) is 0.687. The monoisotopic (exact) mass is 388 g/mol. The number of hydrogen-bond acceptors (Lipinski definition) is 5. The molecule has 1 amide bonds. The zero-order chi connectivity index (χ0) is 19.2. The first-order valence-electron chi connectivity index (χ1n) is 9.36. The third-order valence-corrected chi connectivity index (χ3v) is 5.73. The second-order valence-corrected chi connectivity index (χ2v) is 7.80. The SMILES string of the molecule is Cc1cc(C)c(C)c(OCC(=O)NCC(c2ccsc2)N2CCOCC2)c1. The van der Waals surface area contributed by atoms with E-state index in [1.165, 1.54) is 11.1 Å². The highest BCUT2D eigenvalue weighted by Crippen LogP contribution is 2.24. The normalized spacial score (nSPS) is 16.1. The molecule has 5 nitrogen and oxygen atoms in total. The summed E-state index contributed by atoms with van der Waals surface area (Å²) in [6, 6.07) is 6.41. The summed E-state index contributed by atoms with van der Waals surface area (Å²) in [4.78, 5) is 14.8. The molecule has 0 saturated carbocycles. The number of aryl methyl sites for hydroxylation is 2. The molecule has 1 aliphatic rings. The predicted molar refractivity (Wildman–Crippen MR) is 109 cm³/mol. The first-order chi connectivity index (χ1) is 13.0. The van der Waals surface area contributed by atoms with Crippen LogP contribution in [0.1, 0.15) is 28.3 Å². The van der Waals surface area contributed by atoms with Gasteiger partial charge in [0.15, 0.2) is 6.61 Å². The van der Waals surface area contributed by atoms with Gasteiger partial charge in [0.25, 0.3) is 5.91 Å². The molecule has 0 radical (unpaired) electrons. The van der Waals surface area contributed by atoms with Gasteiger partial charge < -0.3 is 14.8 Å². The first-order valence-corrected chi connectivity index (χ1v) is 10.3. The minimum absolute atomic E-state index is 0.0310. The Morgan fingerprint density at radius 2 is 2.07 bits per heavy atom. The molecular weight excluding hydrogens is 360 g/mol. The summed E-state index contributed by atoms with van der Waals surface area (Å²) in [6.07, 6.45) is 0. The van der Waals surface area contributed by atoms with Crippen molar-refractivity contribution in [2.75, 3.05) is 39.5 Å². The molecule has 1 N–H and O–H groups in total. The fourth-order valence-electron chi connectivity index (χ4n) is 3.37. The van der Waals surface area contributed by atoms with Crippen molar-refractivity contribution in [3.8, 4) is 5.75 Å². The minimum Gasteiger partial charge on any atom is -0.483 e. The standard InChI is InChI=1S/C21H28N2O3S/c1-15-10-16(2)17(3)20(11-15)26-13-21(24)22-12-19(18-4-9-27-14-18)23-5-7-25-8-6-23/h4,9-11,14,19H,5-8,12-13H2,1-3H3,(H,22,24). The van der Waals surface area contributed by atoms with Gasteiger partial charge in [0.05, 0.1) is 19.3 Å². The zero-order valence-corrected chi connectivity index (χ0v) is 17.1. The molecule has 2 heterocycles. The summed E-state index contributed by atoms with van der Waals surface area (Å²) in [7, 11) is 0. The Kier molecular flexibility index (Phi) is 6.88. The van der Waals surface area contributed by atoms with Gasteiger partial charge in [0, 0.05) is 19.6 Å². The molecule has 27 heavy (non-hydrogen) atoms. The Morgan fingerprint density at radius 1 is 1.30 bits per heavy atom. The average molecular weight is 389 g/mol. The van der Waals surface area contributed by atoms with E-state index in [4.69, 9.17) is 9.47 Å². The van der Waals surface area contributed by atoms with E-state index < -0.39 is 0 Å². The lowest BCUT2D eigenvalue weighted by molar-refractivity contribution is -0.123. The van der Waals surface area contributed by atoms with Crippen molar-refractivity contribution in [3.63, 3.8) is 0 Å². The van der Waals surface area contributed by atoms with Crippen molar-refractivity contribution in [2.24, 2.45) is 0 Å². The Hall–Kier alpha value is -1.89. The number of benzene rings is 1. The van der Waals surface area contributed by atoms with E-state index in [9.17, 15) is 4.79 Å². The van der Waals surface area contributed by atoms with Gasteiger partial charge in [-0.25, -0.2) is 0 Å². The van der Waals surface area contributed by atoms with Gasteiger partial charge in [0.1, 0.15) is 5.75 Å². The first kappa shape index (κ1) is 19.9. The van der Waals surface area contributed by atoms with Crippen LogP contribution in [0.15, 0.2) is 29.0 Å². The number of nitrogens with zero attached hydrogens (tertiary/aromatic N) is 1. The molecule has 0 bridgehead atoms. The fraction of sp³-hybridized carbons (Fsp3) is 0.476. The topological polar surface area (TPSA) is 50.8 Å². The van der Waals surface area contributed by atoms with Crippen molar-refractivity contribution in [1.82, 2.24) is 10.2 Å². The average Bonchev–Trinajstić information content (AvgIpc) is 3.19. The number of morpholine rings is 1. The summed E-state index contributed by atoms with van der Waals surface area (Å²) >= 11 is 1.68. The molecule has 1 unspecified atom stereocenters. The Balaban J connectivity index is 1.56. The number of ether oxygens (including phenoxy) is 2. The van der Waals surface area contributed by atoms with Crippen LogP contribution in [0.5, 0.6) is 5.75 Å². The lowest BCUT2D eigenvalue weighted by atomic mass is 10.1. The van der Waals surface area contributed by atoms with Crippen LogP contribution in [0.4, 0.5) is 0 Å². The Labute approximate surface area is 165 Å². The number of amides is 1. The van der Waals surface area contributed by atoms with E-state index in [1.54, 1.807) is 11.3 Å². The van der Waals surface area contributed by atoms with E-state index in [2.05, 4.69) is 40.0 Å². The van der Waals surface area contributed by atoms with E-state index in [0.29, 0.717) is 6.54 Å². The third-order valence-electron chi connectivity index (χ3n) is 5.03. The second kappa shape index (κ2) is 9.35. The smallest absolute Gasteiger partial charge is 0.258 e. The van der Waals surface area contributed by atoms with Crippen LogP contribution in [0, 0.1) is 20.8 Å². The molecule has 0 aliphatic carbocycles. The van der Waals surface area contributed by atoms with Crippen molar-refractivity contribution in [1.29, 1.82) is 0 Å². The summed E-state index contributed by atoms with van der Waals surface area (Å²) in [5.41, 5.74) is 4.64. The molecule has 1 atom stereocenters. The molecule has 2 aromatic rings. The Bertz CT molecular complexity index is 755.